The summed E-state index contributed by atoms with van der Waals surface area (Å²) < 4.78 is 15.3. The van der Waals surface area contributed by atoms with Crippen molar-refractivity contribution >= 4 is 5.78 Å². The molecule has 26 heavy (non-hydrogen) atoms. The number of hydrogen-bond acceptors (Lipinski definition) is 3. The van der Waals surface area contributed by atoms with Gasteiger partial charge in [0.05, 0.1) is 6.54 Å². The highest BCUT2D eigenvalue weighted by atomic mass is 19.1. The van der Waals surface area contributed by atoms with Gasteiger partial charge in [-0.25, -0.2) is 4.39 Å². The molecular formula is C22H24FNO2. The fourth-order valence-corrected chi connectivity index (χ4v) is 4.70. The molecule has 136 valence electrons. The van der Waals surface area contributed by atoms with E-state index in [-0.39, 0.29) is 11.5 Å². The Balaban J connectivity index is 1.33. The minimum Gasteiger partial charge on any atom is -0.508 e. The van der Waals surface area contributed by atoms with Gasteiger partial charge >= 0.3 is 0 Å². The summed E-state index contributed by atoms with van der Waals surface area (Å²) in [6.07, 6.45) is 1.68. The molecular weight excluding hydrogens is 329 g/mol. The summed E-state index contributed by atoms with van der Waals surface area (Å²) in [7, 11) is 0. The Kier molecular flexibility index (Phi) is 4.53. The molecule has 1 heterocycles. The normalized spacial score (nSPS) is 28.2. The molecule has 1 saturated carbocycles. The molecule has 0 amide bonds. The standard InChI is InChI=1S/C22H24FNO2/c23-22(10-16-4-2-1-3-5-16)11-18-13-24(14-19(18)12-22)15-21(26)17-6-8-20(25)9-7-17/h1-9,18-19,25H,10-15H2. The fraction of sp³-hybridized carbons (Fsp3) is 0.409. The second-order valence-corrected chi connectivity index (χ2v) is 7.91. The Morgan fingerprint density at radius 1 is 1.04 bits per heavy atom. The molecule has 4 heteroatoms. The number of rotatable bonds is 5. The van der Waals surface area contributed by atoms with Crippen LogP contribution < -0.4 is 0 Å². The van der Waals surface area contributed by atoms with E-state index < -0.39 is 5.67 Å². The van der Waals surface area contributed by atoms with Gasteiger partial charge < -0.3 is 5.11 Å². The van der Waals surface area contributed by atoms with E-state index in [0.717, 1.165) is 18.7 Å². The van der Waals surface area contributed by atoms with Crippen LogP contribution in [0.25, 0.3) is 0 Å². The molecule has 0 bridgehead atoms. The van der Waals surface area contributed by atoms with Gasteiger partial charge in [-0.15, -0.1) is 0 Å². The summed E-state index contributed by atoms with van der Waals surface area (Å²) in [6, 6.07) is 16.3. The van der Waals surface area contributed by atoms with Crippen molar-refractivity contribution in [2.75, 3.05) is 19.6 Å². The quantitative estimate of drug-likeness (QED) is 0.830. The maximum Gasteiger partial charge on any atom is 0.176 e. The predicted molar refractivity (Wildman–Crippen MR) is 99.1 cm³/mol. The highest BCUT2D eigenvalue weighted by molar-refractivity contribution is 5.97. The summed E-state index contributed by atoms with van der Waals surface area (Å²) in [6.45, 7) is 1.97. The number of phenolic OH excluding ortho intramolecular Hbond substituents is 1. The number of fused-ring (bicyclic) bond motifs is 1. The van der Waals surface area contributed by atoms with Crippen molar-refractivity contribution in [1.29, 1.82) is 0 Å². The fourth-order valence-electron chi connectivity index (χ4n) is 4.70. The van der Waals surface area contributed by atoms with Crippen LogP contribution in [-0.4, -0.2) is 41.1 Å². The zero-order valence-electron chi connectivity index (χ0n) is 14.8. The van der Waals surface area contributed by atoms with Crippen LogP contribution in [0.15, 0.2) is 54.6 Å². The first kappa shape index (κ1) is 17.2. The minimum absolute atomic E-state index is 0.0563. The summed E-state index contributed by atoms with van der Waals surface area (Å²) in [5.41, 5.74) is 0.571. The molecule has 1 N–H and O–H groups in total. The molecule has 1 aliphatic heterocycles. The van der Waals surface area contributed by atoms with Gasteiger partial charge in [0.25, 0.3) is 0 Å². The van der Waals surface area contributed by atoms with Gasteiger partial charge in [-0.2, -0.15) is 0 Å². The highest BCUT2D eigenvalue weighted by Gasteiger charge is 2.49. The first-order valence-corrected chi connectivity index (χ1v) is 9.28. The van der Waals surface area contributed by atoms with Crippen LogP contribution in [0.2, 0.25) is 0 Å². The number of phenols is 1. The van der Waals surface area contributed by atoms with Gasteiger partial charge in [-0.3, -0.25) is 9.69 Å². The number of aromatic hydroxyl groups is 1. The molecule has 3 nitrogen and oxygen atoms in total. The number of hydrogen-bond donors (Lipinski definition) is 1. The Morgan fingerprint density at radius 3 is 2.27 bits per heavy atom. The van der Waals surface area contributed by atoms with Crippen LogP contribution in [0.1, 0.15) is 28.8 Å². The Morgan fingerprint density at radius 2 is 1.65 bits per heavy atom. The molecule has 2 aromatic carbocycles. The van der Waals surface area contributed by atoms with Crippen molar-refractivity contribution in [2.24, 2.45) is 11.8 Å². The van der Waals surface area contributed by atoms with Crippen LogP contribution in [0.5, 0.6) is 5.75 Å². The number of likely N-dealkylation sites (tertiary alicyclic amines) is 1. The number of carbonyl (C=O) groups excluding carboxylic acids is 1. The summed E-state index contributed by atoms with van der Waals surface area (Å²) in [4.78, 5) is 14.6. The molecule has 0 radical (unpaired) electrons. The van der Waals surface area contributed by atoms with Crippen LogP contribution in [0, 0.1) is 11.8 Å². The number of carbonyl (C=O) groups is 1. The van der Waals surface area contributed by atoms with E-state index in [1.807, 2.05) is 30.3 Å². The zero-order valence-corrected chi connectivity index (χ0v) is 14.8. The topological polar surface area (TPSA) is 40.5 Å². The monoisotopic (exact) mass is 353 g/mol. The molecule has 2 unspecified atom stereocenters. The molecule has 0 aromatic heterocycles. The lowest BCUT2D eigenvalue weighted by molar-refractivity contribution is 0.0930. The molecule has 2 atom stereocenters. The van der Waals surface area contributed by atoms with Crippen LogP contribution in [-0.2, 0) is 6.42 Å². The largest absolute Gasteiger partial charge is 0.508 e. The lowest BCUT2D eigenvalue weighted by Crippen LogP contribution is -2.31. The first-order valence-electron chi connectivity index (χ1n) is 9.28. The van der Waals surface area contributed by atoms with Crippen molar-refractivity contribution in [2.45, 2.75) is 24.9 Å². The van der Waals surface area contributed by atoms with Gasteiger partial charge in [0.15, 0.2) is 5.78 Å². The van der Waals surface area contributed by atoms with E-state index in [0.29, 0.717) is 43.2 Å². The number of halogens is 1. The van der Waals surface area contributed by atoms with E-state index in [4.69, 9.17) is 0 Å². The van der Waals surface area contributed by atoms with Crippen LogP contribution in [0.4, 0.5) is 4.39 Å². The second-order valence-electron chi connectivity index (χ2n) is 7.91. The van der Waals surface area contributed by atoms with Crippen LogP contribution in [0.3, 0.4) is 0 Å². The van der Waals surface area contributed by atoms with Gasteiger partial charge in [0.2, 0.25) is 0 Å². The van der Waals surface area contributed by atoms with Crippen molar-refractivity contribution in [3.8, 4) is 5.75 Å². The maximum absolute atomic E-state index is 15.3. The Bertz CT molecular complexity index is 760. The van der Waals surface area contributed by atoms with E-state index in [1.165, 1.54) is 12.1 Å². The van der Waals surface area contributed by atoms with Gasteiger partial charge in [0, 0.05) is 25.1 Å². The van der Waals surface area contributed by atoms with E-state index in [9.17, 15) is 9.90 Å². The molecule has 2 fully saturated rings. The third kappa shape index (κ3) is 3.65. The van der Waals surface area contributed by atoms with E-state index >= 15 is 4.39 Å². The van der Waals surface area contributed by atoms with Crippen molar-refractivity contribution in [3.63, 3.8) is 0 Å². The minimum atomic E-state index is -1.11. The number of ketones is 1. The molecule has 4 rings (SSSR count). The smallest absolute Gasteiger partial charge is 0.176 e. The van der Waals surface area contributed by atoms with Gasteiger partial charge in [0.1, 0.15) is 11.4 Å². The SMILES string of the molecule is O=C(CN1CC2CC(F)(Cc3ccccc3)CC2C1)c1ccc(O)cc1. The molecule has 0 spiro atoms. The predicted octanol–water partition coefficient (Wildman–Crippen LogP) is 3.87. The summed E-state index contributed by atoms with van der Waals surface area (Å²) in [5.74, 6) is 0.906. The third-order valence-corrected chi connectivity index (χ3v) is 5.83. The lowest BCUT2D eigenvalue weighted by Gasteiger charge is -2.23. The number of alkyl halides is 1. The average Bonchev–Trinajstić information content (AvgIpc) is 3.10. The van der Waals surface area contributed by atoms with Crippen molar-refractivity contribution in [3.05, 3.63) is 65.7 Å². The van der Waals surface area contributed by atoms with Gasteiger partial charge in [-0.05, 0) is 54.5 Å². The zero-order chi connectivity index (χ0) is 18.1. The van der Waals surface area contributed by atoms with Gasteiger partial charge in [-0.1, -0.05) is 30.3 Å². The molecule has 2 aliphatic rings. The Labute approximate surface area is 153 Å². The van der Waals surface area contributed by atoms with Crippen molar-refractivity contribution < 1.29 is 14.3 Å². The molecule has 2 aromatic rings. The number of nitrogens with zero attached hydrogens (tertiary/aromatic N) is 1. The lowest BCUT2D eigenvalue weighted by atomic mass is 9.93. The summed E-state index contributed by atoms with van der Waals surface area (Å²) >= 11 is 0. The van der Waals surface area contributed by atoms with Crippen molar-refractivity contribution in [1.82, 2.24) is 4.90 Å². The maximum atomic E-state index is 15.3. The number of Topliss-reactive ketones (excluding diaryl/α,β-unsaturated/α-hetero) is 1. The molecule has 1 saturated heterocycles. The summed E-state index contributed by atoms with van der Waals surface area (Å²) in [5, 5.41) is 9.33. The van der Waals surface area contributed by atoms with Crippen LogP contribution >= 0.6 is 0 Å². The Hall–Kier alpha value is -2.20. The average molecular weight is 353 g/mol. The third-order valence-electron chi connectivity index (χ3n) is 5.83. The first-order chi connectivity index (χ1) is 12.5. The molecule has 1 aliphatic carbocycles. The van der Waals surface area contributed by atoms with E-state index in [2.05, 4.69) is 4.90 Å². The highest BCUT2D eigenvalue weighted by Crippen LogP contribution is 2.47. The number of benzene rings is 2. The second kappa shape index (κ2) is 6.84. The van der Waals surface area contributed by atoms with E-state index in [1.54, 1.807) is 12.1 Å².